The summed E-state index contributed by atoms with van der Waals surface area (Å²) in [6.07, 6.45) is 0.314. The second-order valence-corrected chi connectivity index (χ2v) is 5.08. The highest BCUT2D eigenvalue weighted by Gasteiger charge is 2.29. The van der Waals surface area contributed by atoms with Gasteiger partial charge in [-0.1, -0.05) is 18.2 Å². The maximum atomic E-state index is 13.7. The number of rotatable bonds is 3. The summed E-state index contributed by atoms with van der Waals surface area (Å²) < 4.78 is 27.0. The molecule has 1 amide bonds. The van der Waals surface area contributed by atoms with E-state index in [0.29, 0.717) is 6.42 Å². The first-order valence-electron chi connectivity index (χ1n) is 6.65. The molecule has 0 saturated carbocycles. The number of fused-ring (bicyclic) bond motifs is 1. The third kappa shape index (κ3) is 2.52. The highest BCUT2D eigenvalue weighted by atomic mass is 19.1. The van der Waals surface area contributed by atoms with Crippen LogP contribution in [0.4, 0.5) is 14.5 Å². The third-order valence-corrected chi connectivity index (χ3v) is 3.66. The highest BCUT2D eigenvalue weighted by molar-refractivity contribution is 6.01. The van der Waals surface area contributed by atoms with Crippen LogP contribution in [0.3, 0.4) is 0 Å². The van der Waals surface area contributed by atoms with Gasteiger partial charge in [0.15, 0.2) is 0 Å². The largest absolute Gasteiger partial charge is 0.322 e. The zero-order chi connectivity index (χ0) is 15.0. The number of carbonyl (C=O) groups is 1. The van der Waals surface area contributed by atoms with Crippen LogP contribution < -0.4 is 10.6 Å². The number of hydrogen-bond donors (Lipinski definition) is 1. The Morgan fingerprint density at radius 1 is 1.19 bits per heavy atom. The normalized spacial score (nSPS) is 15.2. The number of benzene rings is 2. The number of hydrogen-bond acceptors (Lipinski definition) is 2. The molecule has 0 fully saturated rings. The fourth-order valence-corrected chi connectivity index (χ4v) is 2.61. The summed E-state index contributed by atoms with van der Waals surface area (Å²) in [4.78, 5) is 13.6. The van der Waals surface area contributed by atoms with Crippen LogP contribution in [0, 0.1) is 11.6 Å². The van der Waals surface area contributed by atoms with Gasteiger partial charge in [0.2, 0.25) is 5.91 Å². The second-order valence-electron chi connectivity index (χ2n) is 5.08. The summed E-state index contributed by atoms with van der Waals surface area (Å²) in [7, 11) is 0. The quantitative estimate of drug-likeness (QED) is 0.943. The minimum Gasteiger partial charge on any atom is -0.322 e. The molecule has 1 aliphatic rings. The zero-order valence-corrected chi connectivity index (χ0v) is 11.2. The molecule has 1 heterocycles. The van der Waals surface area contributed by atoms with E-state index in [1.165, 1.54) is 4.90 Å². The van der Waals surface area contributed by atoms with Crippen molar-refractivity contribution in [3.8, 4) is 0 Å². The van der Waals surface area contributed by atoms with Crippen molar-refractivity contribution in [1.82, 2.24) is 0 Å². The minimum atomic E-state index is -0.782. The Morgan fingerprint density at radius 3 is 2.76 bits per heavy atom. The van der Waals surface area contributed by atoms with Crippen molar-refractivity contribution < 1.29 is 13.6 Å². The maximum Gasteiger partial charge on any atom is 0.231 e. The van der Waals surface area contributed by atoms with Crippen molar-refractivity contribution in [2.75, 3.05) is 11.4 Å². The van der Waals surface area contributed by atoms with Gasteiger partial charge in [0, 0.05) is 17.8 Å². The molecule has 5 heteroatoms. The molecule has 21 heavy (non-hydrogen) atoms. The van der Waals surface area contributed by atoms with Crippen molar-refractivity contribution in [3.63, 3.8) is 0 Å². The van der Waals surface area contributed by atoms with E-state index in [1.807, 2.05) is 24.3 Å². The standard InChI is InChI=1S/C16H14F2N2O/c17-11-5-6-13(18)12(8-11)14(19)9-20-15-4-2-1-3-10(15)7-16(20)21/h1-6,8,14H,7,9,19H2. The Hall–Kier alpha value is -2.27. The van der Waals surface area contributed by atoms with E-state index in [4.69, 9.17) is 5.73 Å². The number of nitrogens with two attached hydrogens (primary N) is 1. The Labute approximate surface area is 121 Å². The number of halogens is 2. The van der Waals surface area contributed by atoms with Gasteiger partial charge in [0.25, 0.3) is 0 Å². The zero-order valence-electron chi connectivity index (χ0n) is 11.2. The topological polar surface area (TPSA) is 46.3 Å². The molecule has 1 atom stereocenters. The number of nitrogens with zero attached hydrogens (tertiary/aromatic N) is 1. The lowest BCUT2D eigenvalue weighted by Crippen LogP contribution is -2.35. The number of anilines is 1. The van der Waals surface area contributed by atoms with Gasteiger partial charge in [0.1, 0.15) is 11.6 Å². The summed E-state index contributed by atoms with van der Waals surface area (Å²) >= 11 is 0. The molecule has 0 radical (unpaired) electrons. The van der Waals surface area contributed by atoms with Crippen molar-refractivity contribution in [1.29, 1.82) is 0 Å². The molecule has 0 aliphatic carbocycles. The summed E-state index contributed by atoms with van der Waals surface area (Å²) in [5.74, 6) is -1.19. The van der Waals surface area contributed by atoms with Crippen LogP contribution >= 0.6 is 0 Å². The van der Waals surface area contributed by atoms with E-state index >= 15 is 0 Å². The van der Waals surface area contributed by atoms with Crippen LogP contribution in [0.1, 0.15) is 17.2 Å². The lowest BCUT2D eigenvalue weighted by Gasteiger charge is -2.22. The molecule has 1 aliphatic heterocycles. The SMILES string of the molecule is NC(CN1C(=O)Cc2ccccc21)c1cc(F)ccc1F. The lowest BCUT2D eigenvalue weighted by molar-refractivity contribution is -0.117. The van der Waals surface area contributed by atoms with Gasteiger partial charge in [0.05, 0.1) is 12.5 Å². The number of para-hydroxylation sites is 1. The number of amides is 1. The van der Waals surface area contributed by atoms with Crippen molar-refractivity contribution in [3.05, 3.63) is 65.2 Å². The van der Waals surface area contributed by atoms with Crippen LogP contribution in [0.2, 0.25) is 0 Å². The average molecular weight is 288 g/mol. The summed E-state index contributed by atoms with van der Waals surface area (Å²) in [6.45, 7) is 0.121. The van der Waals surface area contributed by atoms with E-state index in [1.54, 1.807) is 0 Å². The van der Waals surface area contributed by atoms with Crippen LogP contribution in [0.15, 0.2) is 42.5 Å². The van der Waals surface area contributed by atoms with Crippen LogP contribution in [-0.2, 0) is 11.2 Å². The third-order valence-electron chi connectivity index (χ3n) is 3.66. The van der Waals surface area contributed by atoms with Crippen molar-refractivity contribution >= 4 is 11.6 Å². The smallest absolute Gasteiger partial charge is 0.231 e. The van der Waals surface area contributed by atoms with E-state index in [0.717, 1.165) is 29.4 Å². The highest BCUT2D eigenvalue weighted by Crippen LogP contribution is 2.30. The molecule has 0 bridgehead atoms. The summed E-state index contributed by atoms with van der Waals surface area (Å²) in [6, 6.07) is 9.78. The molecule has 2 aromatic rings. The van der Waals surface area contributed by atoms with Crippen LogP contribution in [-0.4, -0.2) is 12.5 Å². The fourth-order valence-electron chi connectivity index (χ4n) is 2.61. The molecule has 2 N–H and O–H groups in total. The molecule has 0 aromatic heterocycles. The summed E-state index contributed by atoms with van der Waals surface area (Å²) in [5, 5.41) is 0. The van der Waals surface area contributed by atoms with E-state index in [9.17, 15) is 13.6 Å². The maximum absolute atomic E-state index is 13.7. The minimum absolute atomic E-state index is 0.0761. The van der Waals surface area contributed by atoms with Gasteiger partial charge in [-0.25, -0.2) is 8.78 Å². The van der Waals surface area contributed by atoms with Gasteiger partial charge in [-0.2, -0.15) is 0 Å². The number of carbonyl (C=O) groups excluding carboxylic acids is 1. The van der Waals surface area contributed by atoms with Crippen LogP contribution in [0.25, 0.3) is 0 Å². The Balaban J connectivity index is 1.87. The first kappa shape index (κ1) is 13.7. The Bertz CT molecular complexity index is 702. The van der Waals surface area contributed by atoms with Gasteiger partial charge in [-0.05, 0) is 29.8 Å². The molecule has 0 spiro atoms. The van der Waals surface area contributed by atoms with Gasteiger partial charge < -0.3 is 10.6 Å². The van der Waals surface area contributed by atoms with E-state index in [2.05, 4.69) is 0 Å². The van der Waals surface area contributed by atoms with Crippen LogP contribution in [0.5, 0.6) is 0 Å². The van der Waals surface area contributed by atoms with E-state index < -0.39 is 17.7 Å². The molecule has 3 nitrogen and oxygen atoms in total. The predicted octanol–water partition coefficient (Wildman–Crippen LogP) is 2.55. The Kier molecular flexibility index (Phi) is 3.43. The van der Waals surface area contributed by atoms with Crippen molar-refractivity contribution in [2.24, 2.45) is 5.73 Å². The Morgan fingerprint density at radius 2 is 1.95 bits per heavy atom. The molecular formula is C16H14F2N2O. The van der Waals surface area contributed by atoms with Gasteiger partial charge >= 0.3 is 0 Å². The molecule has 2 aromatic carbocycles. The average Bonchev–Trinajstić information content (AvgIpc) is 2.78. The van der Waals surface area contributed by atoms with Crippen molar-refractivity contribution in [2.45, 2.75) is 12.5 Å². The summed E-state index contributed by atoms with van der Waals surface area (Å²) in [5.41, 5.74) is 7.75. The van der Waals surface area contributed by atoms with Gasteiger partial charge in [-0.15, -0.1) is 0 Å². The first-order chi connectivity index (χ1) is 10.1. The molecule has 0 saturated heterocycles. The molecule has 3 rings (SSSR count). The fraction of sp³-hybridized carbons (Fsp3) is 0.188. The monoisotopic (exact) mass is 288 g/mol. The molecular weight excluding hydrogens is 274 g/mol. The van der Waals surface area contributed by atoms with Gasteiger partial charge in [-0.3, -0.25) is 4.79 Å². The first-order valence-corrected chi connectivity index (χ1v) is 6.65. The predicted molar refractivity (Wildman–Crippen MR) is 75.8 cm³/mol. The second kappa shape index (κ2) is 5.26. The molecule has 1 unspecified atom stereocenters. The van der Waals surface area contributed by atoms with E-state index in [-0.39, 0.29) is 18.0 Å². The molecule has 108 valence electrons. The lowest BCUT2D eigenvalue weighted by atomic mass is 10.1.